The number of para-hydroxylation sites is 2. The van der Waals surface area contributed by atoms with Crippen molar-refractivity contribution in [3.63, 3.8) is 0 Å². The molecule has 8 heteroatoms. The summed E-state index contributed by atoms with van der Waals surface area (Å²) >= 11 is 0. The van der Waals surface area contributed by atoms with Gasteiger partial charge in [0.15, 0.2) is 0 Å². The number of benzene rings is 3. The van der Waals surface area contributed by atoms with E-state index < -0.39 is 0 Å². The van der Waals surface area contributed by atoms with Crippen molar-refractivity contribution in [3.8, 4) is 0 Å². The molecule has 178 valence electrons. The minimum Gasteiger partial charge on any atom is -0.399 e. The third kappa shape index (κ3) is 6.05. The molecule has 0 aliphatic heterocycles. The lowest BCUT2D eigenvalue weighted by Gasteiger charge is -2.21. The maximum Gasteiger partial charge on any atom is 0.319 e. The number of amides is 3. The molecule has 3 amide bonds. The smallest absolute Gasteiger partial charge is 0.319 e. The van der Waals surface area contributed by atoms with Crippen LogP contribution in [0.25, 0.3) is 0 Å². The van der Waals surface area contributed by atoms with Gasteiger partial charge in [-0.3, -0.25) is 4.79 Å². The standard InChI is InChI=1S/C26H32N6O2/c1-16-17(2)22(14-13-20(16)28)31-26(34)32-23(8-5-15-27)18-9-11-19(12-10-18)25(33)30-24-7-4-3-6-21(24)29/h3-4,6-7,9-14,23H,5,8,15,27-29H2,1-2H3,(H,30,33)(H2,31,32,34). The van der Waals surface area contributed by atoms with Crippen LogP contribution in [0.15, 0.2) is 60.7 Å². The zero-order valence-electron chi connectivity index (χ0n) is 19.5. The van der Waals surface area contributed by atoms with Gasteiger partial charge in [0.1, 0.15) is 0 Å². The van der Waals surface area contributed by atoms with E-state index in [1.807, 2.05) is 26.0 Å². The second-order valence-corrected chi connectivity index (χ2v) is 8.20. The number of anilines is 4. The molecule has 1 atom stereocenters. The summed E-state index contributed by atoms with van der Waals surface area (Å²) in [5, 5.41) is 8.74. The summed E-state index contributed by atoms with van der Waals surface area (Å²) in [5.41, 5.74) is 23.2. The van der Waals surface area contributed by atoms with Gasteiger partial charge in [-0.05, 0) is 86.3 Å². The Morgan fingerprint density at radius 3 is 2.21 bits per heavy atom. The van der Waals surface area contributed by atoms with Crippen LogP contribution in [0.1, 0.15) is 45.9 Å². The van der Waals surface area contributed by atoms with Gasteiger partial charge in [0, 0.05) is 16.9 Å². The number of nitrogens with two attached hydrogens (primary N) is 3. The number of nitrogen functional groups attached to an aromatic ring is 2. The highest BCUT2D eigenvalue weighted by Gasteiger charge is 2.17. The summed E-state index contributed by atoms with van der Waals surface area (Å²) in [6.45, 7) is 4.34. The predicted octanol–water partition coefficient (Wildman–Crippen LogP) is 4.32. The van der Waals surface area contributed by atoms with Gasteiger partial charge in [-0.15, -0.1) is 0 Å². The lowest BCUT2D eigenvalue weighted by Crippen LogP contribution is -2.33. The summed E-state index contributed by atoms with van der Waals surface area (Å²) in [6, 6.07) is 17.2. The van der Waals surface area contributed by atoms with Crippen molar-refractivity contribution in [3.05, 3.63) is 82.9 Å². The summed E-state index contributed by atoms with van der Waals surface area (Å²) in [7, 11) is 0. The topological polar surface area (TPSA) is 148 Å². The monoisotopic (exact) mass is 460 g/mol. The quantitative estimate of drug-likeness (QED) is 0.277. The van der Waals surface area contributed by atoms with Gasteiger partial charge in [0.05, 0.1) is 17.4 Å². The van der Waals surface area contributed by atoms with E-state index in [0.717, 1.165) is 23.1 Å². The van der Waals surface area contributed by atoms with Gasteiger partial charge in [-0.1, -0.05) is 24.3 Å². The van der Waals surface area contributed by atoms with Crippen LogP contribution in [0.2, 0.25) is 0 Å². The average Bonchev–Trinajstić information content (AvgIpc) is 2.83. The zero-order valence-corrected chi connectivity index (χ0v) is 19.5. The van der Waals surface area contributed by atoms with Crippen molar-refractivity contribution >= 4 is 34.7 Å². The fourth-order valence-electron chi connectivity index (χ4n) is 3.61. The SMILES string of the molecule is Cc1c(N)ccc(NC(=O)NC(CCCN)c2ccc(C(=O)Nc3ccccc3N)cc2)c1C. The van der Waals surface area contributed by atoms with Crippen molar-refractivity contribution in [1.82, 2.24) is 5.32 Å². The minimum atomic E-state index is -0.323. The Bertz CT molecular complexity index is 1160. The summed E-state index contributed by atoms with van der Waals surface area (Å²) in [4.78, 5) is 25.4. The minimum absolute atomic E-state index is 0.261. The first kappa shape index (κ1) is 24.6. The molecule has 3 aromatic rings. The molecule has 3 aromatic carbocycles. The second kappa shape index (κ2) is 11.2. The molecule has 0 aromatic heterocycles. The van der Waals surface area contributed by atoms with Crippen molar-refractivity contribution in [2.24, 2.45) is 5.73 Å². The van der Waals surface area contributed by atoms with E-state index in [-0.39, 0.29) is 18.0 Å². The van der Waals surface area contributed by atoms with E-state index in [2.05, 4.69) is 16.0 Å². The van der Waals surface area contributed by atoms with Crippen LogP contribution < -0.4 is 33.2 Å². The second-order valence-electron chi connectivity index (χ2n) is 8.20. The highest BCUT2D eigenvalue weighted by atomic mass is 16.2. The molecule has 0 radical (unpaired) electrons. The van der Waals surface area contributed by atoms with Gasteiger partial charge in [0.25, 0.3) is 5.91 Å². The lowest BCUT2D eigenvalue weighted by atomic mass is 10.00. The first-order valence-electron chi connectivity index (χ1n) is 11.2. The molecular weight excluding hydrogens is 428 g/mol. The first-order valence-corrected chi connectivity index (χ1v) is 11.2. The van der Waals surface area contributed by atoms with Crippen LogP contribution >= 0.6 is 0 Å². The van der Waals surface area contributed by atoms with Gasteiger partial charge in [0.2, 0.25) is 0 Å². The van der Waals surface area contributed by atoms with E-state index in [1.165, 1.54) is 0 Å². The Hall–Kier alpha value is -4.04. The lowest BCUT2D eigenvalue weighted by molar-refractivity contribution is 0.102. The van der Waals surface area contributed by atoms with E-state index in [4.69, 9.17) is 17.2 Å². The van der Waals surface area contributed by atoms with E-state index in [1.54, 1.807) is 48.5 Å². The fourth-order valence-corrected chi connectivity index (χ4v) is 3.61. The van der Waals surface area contributed by atoms with Gasteiger partial charge in [-0.2, -0.15) is 0 Å². The van der Waals surface area contributed by atoms with E-state index in [0.29, 0.717) is 41.3 Å². The van der Waals surface area contributed by atoms with Crippen LogP contribution in [0, 0.1) is 13.8 Å². The molecule has 34 heavy (non-hydrogen) atoms. The Kier molecular flexibility index (Phi) is 8.10. The first-order chi connectivity index (χ1) is 16.3. The number of rotatable bonds is 8. The molecule has 0 saturated carbocycles. The van der Waals surface area contributed by atoms with Gasteiger partial charge >= 0.3 is 6.03 Å². The number of urea groups is 1. The zero-order chi connectivity index (χ0) is 24.7. The highest BCUT2D eigenvalue weighted by Crippen LogP contribution is 2.25. The van der Waals surface area contributed by atoms with Gasteiger partial charge in [-0.25, -0.2) is 4.79 Å². The fraction of sp³-hybridized carbons (Fsp3) is 0.231. The number of carbonyl (C=O) groups is 2. The van der Waals surface area contributed by atoms with Crippen LogP contribution in [0.3, 0.4) is 0 Å². The maximum atomic E-state index is 12.8. The molecule has 0 aliphatic rings. The van der Waals surface area contributed by atoms with Crippen LogP contribution in [-0.4, -0.2) is 18.5 Å². The van der Waals surface area contributed by atoms with Crippen LogP contribution in [0.4, 0.5) is 27.5 Å². The number of hydrogen-bond acceptors (Lipinski definition) is 5. The largest absolute Gasteiger partial charge is 0.399 e. The number of carbonyl (C=O) groups excluding carboxylic acids is 2. The van der Waals surface area contributed by atoms with Crippen molar-refractivity contribution in [1.29, 1.82) is 0 Å². The maximum absolute atomic E-state index is 12.8. The molecule has 9 N–H and O–H groups in total. The Labute approximate surface area is 199 Å². The molecule has 0 heterocycles. The Balaban J connectivity index is 1.71. The third-order valence-corrected chi connectivity index (χ3v) is 5.86. The third-order valence-electron chi connectivity index (χ3n) is 5.86. The average molecular weight is 461 g/mol. The van der Waals surface area contributed by atoms with Crippen LogP contribution in [-0.2, 0) is 0 Å². The van der Waals surface area contributed by atoms with Gasteiger partial charge < -0.3 is 33.2 Å². The molecule has 8 nitrogen and oxygen atoms in total. The van der Waals surface area contributed by atoms with E-state index in [9.17, 15) is 9.59 Å². The number of hydrogen-bond donors (Lipinski definition) is 6. The molecule has 0 spiro atoms. The molecular formula is C26H32N6O2. The highest BCUT2D eigenvalue weighted by molar-refractivity contribution is 6.05. The molecule has 0 saturated heterocycles. The number of nitrogens with one attached hydrogen (secondary N) is 3. The summed E-state index contributed by atoms with van der Waals surface area (Å²) in [5.74, 6) is -0.261. The predicted molar refractivity (Wildman–Crippen MR) is 139 cm³/mol. The Morgan fingerprint density at radius 2 is 1.53 bits per heavy atom. The molecule has 3 rings (SSSR count). The summed E-state index contributed by atoms with van der Waals surface area (Å²) in [6.07, 6.45) is 1.40. The molecule has 0 aliphatic carbocycles. The summed E-state index contributed by atoms with van der Waals surface area (Å²) < 4.78 is 0. The Morgan fingerprint density at radius 1 is 0.824 bits per heavy atom. The van der Waals surface area contributed by atoms with Crippen molar-refractivity contribution < 1.29 is 9.59 Å². The van der Waals surface area contributed by atoms with Crippen LogP contribution in [0.5, 0.6) is 0 Å². The molecule has 1 unspecified atom stereocenters. The molecule has 0 fully saturated rings. The van der Waals surface area contributed by atoms with E-state index >= 15 is 0 Å². The molecule has 0 bridgehead atoms. The normalized spacial score (nSPS) is 11.5. The van der Waals surface area contributed by atoms with Crippen molar-refractivity contribution in [2.75, 3.05) is 28.6 Å². The van der Waals surface area contributed by atoms with Crippen molar-refractivity contribution in [2.45, 2.75) is 32.7 Å².